The molecule has 51 heavy (non-hydrogen) atoms. The zero-order valence-electron chi connectivity index (χ0n) is 34.1. The number of aliphatic imine (C=N–C) groups is 1. The molecule has 0 unspecified atom stereocenters. The zero-order valence-corrected chi connectivity index (χ0v) is 34.1. The number of allylic oxidation sites excluding steroid dienone is 2. The Morgan fingerprint density at radius 1 is 0.725 bits per heavy atom. The van der Waals surface area contributed by atoms with Crippen LogP contribution < -0.4 is 0 Å². The quantitative estimate of drug-likeness (QED) is 0.147. The molecular formula is C48H65NO2. The van der Waals surface area contributed by atoms with Crippen molar-refractivity contribution in [1.82, 2.24) is 0 Å². The maximum atomic E-state index is 5.20. The number of methoxy groups -OCH3 is 2. The molecule has 0 saturated carbocycles. The van der Waals surface area contributed by atoms with Gasteiger partial charge in [-0.2, -0.15) is 0 Å². The highest BCUT2D eigenvalue weighted by atomic mass is 16.5. The molecule has 0 aliphatic heterocycles. The fraction of sp³-hybridized carbons (Fsp3) is 0.396. The van der Waals surface area contributed by atoms with Gasteiger partial charge >= 0.3 is 0 Å². The van der Waals surface area contributed by atoms with Gasteiger partial charge in [-0.05, 0) is 106 Å². The molecule has 0 atom stereocenters. The lowest BCUT2D eigenvalue weighted by atomic mass is 9.76. The minimum atomic E-state index is -0.0948. The van der Waals surface area contributed by atoms with E-state index in [1.54, 1.807) is 14.2 Å². The lowest BCUT2D eigenvalue weighted by Crippen LogP contribution is -2.29. The van der Waals surface area contributed by atoms with E-state index >= 15 is 0 Å². The second kappa shape index (κ2) is 19.5. The molecule has 4 aromatic carbocycles. The van der Waals surface area contributed by atoms with Gasteiger partial charge in [0.2, 0.25) is 0 Å². The van der Waals surface area contributed by atoms with Gasteiger partial charge in [-0.25, -0.2) is 4.99 Å². The molecule has 0 amide bonds. The summed E-state index contributed by atoms with van der Waals surface area (Å²) in [6, 6.07) is 36.2. The van der Waals surface area contributed by atoms with E-state index < -0.39 is 0 Å². The van der Waals surface area contributed by atoms with Crippen LogP contribution in [0.4, 0.5) is 0 Å². The number of ether oxygens (including phenoxy) is 2. The highest BCUT2D eigenvalue weighted by Crippen LogP contribution is 2.34. The van der Waals surface area contributed by atoms with Crippen molar-refractivity contribution in [2.24, 2.45) is 10.9 Å². The van der Waals surface area contributed by atoms with Crippen molar-refractivity contribution in [3.63, 3.8) is 0 Å². The Kier molecular flexibility index (Phi) is 16.5. The molecule has 0 bridgehead atoms. The third kappa shape index (κ3) is 13.2. The van der Waals surface area contributed by atoms with E-state index in [0.29, 0.717) is 5.92 Å². The largest absolute Gasteiger partial charge is 0.379 e. The lowest BCUT2D eigenvalue weighted by molar-refractivity contribution is -0.0157. The van der Waals surface area contributed by atoms with E-state index in [9.17, 15) is 0 Å². The third-order valence-electron chi connectivity index (χ3n) is 10.2. The Morgan fingerprint density at radius 3 is 1.69 bits per heavy atom. The topological polar surface area (TPSA) is 30.8 Å². The van der Waals surface area contributed by atoms with Gasteiger partial charge in [0.25, 0.3) is 0 Å². The van der Waals surface area contributed by atoms with Gasteiger partial charge in [0.05, 0.1) is 22.6 Å². The van der Waals surface area contributed by atoms with Gasteiger partial charge in [0, 0.05) is 25.2 Å². The van der Waals surface area contributed by atoms with Crippen LogP contribution in [0, 0.1) is 19.8 Å². The van der Waals surface area contributed by atoms with Gasteiger partial charge < -0.3 is 9.47 Å². The normalized spacial score (nSPS) is 12.5. The summed E-state index contributed by atoms with van der Waals surface area (Å²) in [7, 11) is 3.49. The summed E-state index contributed by atoms with van der Waals surface area (Å²) in [4.78, 5) is 5.04. The Morgan fingerprint density at radius 2 is 1.25 bits per heavy atom. The summed E-state index contributed by atoms with van der Waals surface area (Å²) in [5.41, 5.74) is 11.3. The van der Waals surface area contributed by atoms with E-state index in [-0.39, 0.29) is 16.6 Å². The van der Waals surface area contributed by atoms with Crippen LogP contribution in [0.25, 0.3) is 11.3 Å². The molecule has 0 saturated heterocycles. The first-order chi connectivity index (χ1) is 23.9. The molecule has 274 valence electrons. The van der Waals surface area contributed by atoms with Crippen LogP contribution >= 0.6 is 0 Å². The van der Waals surface area contributed by atoms with Crippen LogP contribution in [-0.4, -0.2) is 31.1 Å². The third-order valence-corrected chi connectivity index (χ3v) is 10.2. The first kappa shape index (κ1) is 43.1. The number of nitrogens with zero attached hydrogens (tertiary/aromatic N) is 1. The molecule has 0 spiro atoms. The highest BCUT2D eigenvalue weighted by Gasteiger charge is 2.25. The van der Waals surface area contributed by atoms with Crippen molar-refractivity contribution in [3.8, 4) is 0 Å². The number of hydrogen-bond acceptors (Lipinski definition) is 3. The predicted molar refractivity (Wildman–Crippen MR) is 224 cm³/mol. The molecule has 0 fully saturated rings. The summed E-state index contributed by atoms with van der Waals surface area (Å²) in [6.45, 7) is 30.1. The summed E-state index contributed by atoms with van der Waals surface area (Å²) in [5, 5.41) is 0. The molecule has 4 rings (SSSR count). The van der Waals surface area contributed by atoms with Gasteiger partial charge in [-0.3, -0.25) is 0 Å². The Hall–Kier alpha value is -4.05. The first-order valence-corrected chi connectivity index (χ1v) is 18.2. The fourth-order valence-electron chi connectivity index (χ4n) is 5.04. The minimum Gasteiger partial charge on any atom is -0.379 e. The van der Waals surface area contributed by atoms with Crippen molar-refractivity contribution in [3.05, 3.63) is 155 Å². The smallest absolute Gasteiger partial charge is 0.0712 e. The standard InChI is InChI=1S/C35H35N.C7H16O.C6H14O/c1-25-17-19-29(20-18-25)26(2)24-34(36-28(4)30-13-9-7-10-14-30)31-21-22-33(27(3)23-31)35(5,6)32-15-11-8-12-16-32;1-6(2)7(3,4)8-5;1-5-6(2,3)7-4/h7-24H,4H2,1-3,5-6H3;6H,1-5H3;5H2,1-4H3/b26-24+,36-34?;;. The average Bonchev–Trinajstić information content (AvgIpc) is 3.12. The van der Waals surface area contributed by atoms with Gasteiger partial charge in [-0.15, -0.1) is 0 Å². The molecule has 0 radical (unpaired) electrons. The van der Waals surface area contributed by atoms with Crippen LogP contribution in [0.3, 0.4) is 0 Å². The van der Waals surface area contributed by atoms with Gasteiger partial charge in [0.1, 0.15) is 0 Å². The Balaban J connectivity index is 0.000000503. The second-order valence-corrected chi connectivity index (χ2v) is 15.3. The van der Waals surface area contributed by atoms with Crippen molar-refractivity contribution in [2.45, 2.75) is 106 Å². The molecule has 4 aromatic rings. The van der Waals surface area contributed by atoms with Crippen LogP contribution in [0.1, 0.15) is 115 Å². The molecule has 0 aliphatic rings. The van der Waals surface area contributed by atoms with E-state index in [1.165, 1.54) is 33.4 Å². The number of aryl methyl sites for hydroxylation is 2. The first-order valence-electron chi connectivity index (χ1n) is 18.2. The van der Waals surface area contributed by atoms with Crippen LogP contribution in [0.2, 0.25) is 0 Å². The maximum absolute atomic E-state index is 5.20. The molecule has 3 heteroatoms. The zero-order chi connectivity index (χ0) is 38.4. The average molecular weight is 688 g/mol. The maximum Gasteiger partial charge on any atom is 0.0712 e. The Bertz CT molecular complexity index is 1700. The van der Waals surface area contributed by atoms with Crippen molar-refractivity contribution in [2.75, 3.05) is 14.2 Å². The SMILES string of the molecule is C=C(N=C(/C=C(\C)c1ccc(C)cc1)c1ccc(C(C)(C)c2ccccc2)c(C)c1)c1ccccc1.CCC(C)(C)OC.COC(C)(C)C(C)C. The molecule has 0 aliphatic carbocycles. The van der Waals surface area contributed by atoms with Crippen LogP contribution in [-0.2, 0) is 14.9 Å². The van der Waals surface area contributed by atoms with Gasteiger partial charge in [0.15, 0.2) is 0 Å². The van der Waals surface area contributed by atoms with E-state index in [2.05, 4.69) is 181 Å². The van der Waals surface area contributed by atoms with Crippen LogP contribution in [0.15, 0.2) is 121 Å². The number of hydrogen-bond donors (Lipinski definition) is 0. The van der Waals surface area contributed by atoms with Crippen molar-refractivity contribution in [1.29, 1.82) is 0 Å². The molecule has 0 aromatic heterocycles. The fourth-order valence-corrected chi connectivity index (χ4v) is 5.04. The monoisotopic (exact) mass is 688 g/mol. The van der Waals surface area contributed by atoms with Crippen LogP contribution in [0.5, 0.6) is 0 Å². The summed E-state index contributed by atoms with van der Waals surface area (Å²) < 4.78 is 10.3. The summed E-state index contributed by atoms with van der Waals surface area (Å²) in [6.07, 6.45) is 3.25. The predicted octanol–water partition coefficient (Wildman–Crippen LogP) is 13.1. The van der Waals surface area contributed by atoms with E-state index in [1.807, 2.05) is 18.2 Å². The molecule has 0 N–H and O–H groups in total. The minimum absolute atomic E-state index is 0.0417. The lowest BCUT2D eigenvalue weighted by Gasteiger charge is -2.28. The number of rotatable bonds is 11. The van der Waals surface area contributed by atoms with Crippen molar-refractivity contribution < 1.29 is 9.47 Å². The molecule has 3 nitrogen and oxygen atoms in total. The molecular weight excluding hydrogens is 623 g/mol. The second-order valence-electron chi connectivity index (χ2n) is 15.3. The summed E-state index contributed by atoms with van der Waals surface area (Å²) in [5.74, 6) is 0.590. The van der Waals surface area contributed by atoms with Gasteiger partial charge in [-0.1, -0.05) is 144 Å². The molecule has 0 heterocycles. The van der Waals surface area contributed by atoms with Crippen molar-refractivity contribution >= 4 is 17.0 Å². The Labute approximate surface area is 311 Å². The van der Waals surface area contributed by atoms with E-state index in [0.717, 1.165) is 29.0 Å². The number of benzene rings is 4. The summed E-state index contributed by atoms with van der Waals surface area (Å²) >= 11 is 0. The van der Waals surface area contributed by atoms with E-state index in [4.69, 9.17) is 14.5 Å². The highest BCUT2D eigenvalue weighted by molar-refractivity contribution is 6.14.